The van der Waals surface area contributed by atoms with Gasteiger partial charge in [0.1, 0.15) is 5.69 Å². The second kappa shape index (κ2) is 9.76. The number of nitrogens with one attached hydrogen (secondary N) is 3. The molecule has 0 fully saturated rings. The molecule has 0 spiro atoms. The summed E-state index contributed by atoms with van der Waals surface area (Å²) >= 11 is 0. The van der Waals surface area contributed by atoms with Crippen molar-refractivity contribution in [3.8, 4) is 22.6 Å². The van der Waals surface area contributed by atoms with Crippen LogP contribution in [0.15, 0.2) is 83.3 Å². The molecule has 6 aromatic rings. The molecule has 0 saturated carbocycles. The van der Waals surface area contributed by atoms with E-state index in [4.69, 9.17) is 4.42 Å². The molecule has 200 valence electrons. The molecule has 4 N–H and O–H groups in total. The normalized spacial score (nSPS) is 14.8. The molecule has 1 atom stereocenters. The Morgan fingerprint density at radius 2 is 1.78 bits per heavy atom. The maximum absolute atomic E-state index is 12.9. The maximum atomic E-state index is 12.9. The highest BCUT2D eigenvalue weighted by Gasteiger charge is 2.29. The third-order valence-corrected chi connectivity index (χ3v) is 7.15. The number of H-pyrrole nitrogens is 2. The van der Waals surface area contributed by atoms with E-state index >= 15 is 0 Å². The van der Waals surface area contributed by atoms with Crippen molar-refractivity contribution in [2.45, 2.75) is 12.5 Å². The Kier molecular flexibility index (Phi) is 5.78. The van der Waals surface area contributed by atoms with Gasteiger partial charge in [0, 0.05) is 33.7 Å². The van der Waals surface area contributed by atoms with Gasteiger partial charge in [-0.1, -0.05) is 48.5 Å². The van der Waals surface area contributed by atoms with Crippen molar-refractivity contribution in [1.29, 1.82) is 0 Å². The molecule has 10 heteroatoms. The molecule has 0 saturated heterocycles. The van der Waals surface area contributed by atoms with Gasteiger partial charge in [0.05, 0.1) is 17.4 Å². The average Bonchev–Trinajstić information content (AvgIpc) is 3.74. The first-order chi connectivity index (χ1) is 20.0. The van der Waals surface area contributed by atoms with Gasteiger partial charge in [-0.15, -0.1) is 10.2 Å². The maximum Gasteiger partial charge on any atom is 0.352 e. The van der Waals surface area contributed by atoms with E-state index in [-0.39, 0.29) is 17.6 Å². The topological polar surface area (TPSA) is 150 Å². The quantitative estimate of drug-likeness (QED) is 0.217. The number of rotatable bonds is 6. The first kappa shape index (κ1) is 24.3. The second-order valence-corrected chi connectivity index (χ2v) is 9.72. The molecule has 1 amide bonds. The third-order valence-electron chi connectivity index (χ3n) is 7.15. The van der Waals surface area contributed by atoms with E-state index in [1.165, 1.54) is 0 Å². The standard InChI is InChI=1S/C31H22N6O4/c38-29-21-9-5-4-8-18(21)14-24(33-29)28-27(20-11-10-19-15-25(31(39)40)32-23(19)16-20)22(34-36-28)12-13-26-35-37-30(41-26)17-6-2-1-3-7-17/h1-13,15-16,24,32H,14H2,(H,33,38)(H,34,36)(H,39,40)/b13-12+. The molecular weight excluding hydrogens is 520 g/mol. The molecule has 4 heterocycles. The van der Waals surface area contributed by atoms with E-state index in [0.29, 0.717) is 35.0 Å². The van der Waals surface area contributed by atoms with Crippen LogP contribution < -0.4 is 5.32 Å². The summed E-state index contributed by atoms with van der Waals surface area (Å²) in [5, 5.41) is 29.3. The highest BCUT2D eigenvalue weighted by atomic mass is 16.4. The number of hydrogen-bond acceptors (Lipinski definition) is 6. The zero-order valence-corrected chi connectivity index (χ0v) is 21.5. The van der Waals surface area contributed by atoms with Crippen molar-refractivity contribution < 1.29 is 19.1 Å². The Bertz CT molecular complexity index is 1970. The SMILES string of the molecule is O=C(O)c1cc2ccc(-c3c(/C=C/c4nnc(-c5ccccc5)o4)n[nH]c3C3Cc4ccccc4C(=O)N3)cc2[nH]1. The number of carboxylic acid groups (broad SMARTS) is 1. The van der Waals surface area contributed by atoms with Crippen molar-refractivity contribution in [2.75, 3.05) is 0 Å². The van der Waals surface area contributed by atoms with Crippen molar-refractivity contribution in [1.82, 2.24) is 30.7 Å². The van der Waals surface area contributed by atoms with Gasteiger partial charge in [-0.05, 0) is 54.0 Å². The van der Waals surface area contributed by atoms with E-state index < -0.39 is 5.97 Å². The lowest BCUT2D eigenvalue weighted by molar-refractivity contribution is 0.0691. The minimum atomic E-state index is -1.03. The van der Waals surface area contributed by atoms with E-state index in [1.807, 2.05) is 72.8 Å². The van der Waals surface area contributed by atoms with Crippen LogP contribution in [-0.2, 0) is 6.42 Å². The number of nitrogens with zero attached hydrogens (tertiary/aromatic N) is 3. The summed E-state index contributed by atoms with van der Waals surface area (Å²) in [7, 11) is 0. The molecule has 3 aromatic carbocycles. The number of aromatic nitrogens is 5. The molecular formula is C31H22N6O4. The number of carboxylic acids is 1. The van der Waals surface area contributed by atoms with Crippen LogP contribution in [0.4, 0.5) is 0 Å². The van der Waals surface area contributed by atoms with E-state index in [1.54, 1.807) is 18.2 Å². The van der Waals surface area contributed by atoms with Crippen LogP contribution in [0.3, 0.4) is 0 Å². The van der Waals surface area contributed by atoms with Crippen LogP contribution in [0.5, 0.6) is 0 Å². The minimum absolute atomic E-state index is 0.103. The summed E-state index contributed by atoms with van der Waals surface area (Å²) in [5.74, 6) is -0.471. The first-order valence-corrected chi connectivity index (χ1v) is 12.9. The van der Waals surface area contributed by atoms with Crippen molar-refractivity contribution in [2.24, 2.45) is 0 Å². The first-order valence-electron chi connectivity index (χ1n) is 12.9. The molecule has 3 aromatic heterocycles. The number of aromatic carboxylic acids is 1. The minimum Gasteiger partial charge on any atom is -0.477 e. The highest BCUT2D eigenvalue weighted by Crippen LogP contribution is 2.36. The highest BCUT2D eigenvalue weighted by molar-refractivity contribution is 5.98. The fourth-order valence-electron chi connectivity index (χ4n) is 5.19. The predicted octanol–water partition coefficient (Wildman–Crippen LogP) is 5.50. The van der Waals surface area contributed by atoms with Crippen LogP contribution in [0.1, 0.15) is 49.7 Å². The van der Waals surface area contributed by atoms with Gasteiger partial charge < -0.3 is 19.8 Å². The average molecular weight is 543 g/mol. The molecule has 1 unspecified atom stereocenters. The summed E-state index contributed by atoms with van der Waals surface area (Å²) < 4.78 is 5.83. The number of amides is 1. The van der Waals surface area contributed by atoms with Gasteiger partial charge in [-0.25, -0.2) is 4.79 Å². The van der Waals surface area contributed by atoms with Crippen molar-refractivity contribution in [3.05, 3.63) is 113 Å². The fourth-order valence-corrected chi connectivity index (χ4v) is 5.19. The number of carbonyl (C=O) groups excluding carboxylic acids is 1. The van der Waals surface area contributed by atoms with Crippen LogP contribution in [0.25, 0.3) is 45.6 Å². The number of aromatic amines is 2. The van der Waals surface area contributed by atoms with E-state index in [0.717, 1.165) is 33.3 Å². The van der Waals surface area contributed by atoms with Gasteiger partial charge in [0.2, 0.25) is 11.8 Å². The Hall–Kier alpha value is -5.77. The molecule has 0 radical (unpaired) electrons. The lowest BCUT2D eigenvalue weighted by Gasteiger charge is -2.25. The zero-order chi connectivity index (χ0) is 27.9. The van der Waals surface area contributed by atoms with Gasteiger partial charge in [-0.3, -0.25) is 9.89 Å². The number of fused-ring (bicyclic) bond motifs is 2. The van der Waals surface area contributed by atoms with Crippen molar-refractivity contribution >= 4 is 34.9 Å². The van der Waals surface area contributed by atoms with Crippen LogP contribution in [0.2, 0.25) is 0 Å². The van der Waals surface area contributed by atoms with Gasteiger partial charge in [0.25, 0.3) is 5.91 Å². The summed E-state index contributed by atoms with van der Waals surface area (Å²) in [6, 6.07) is 23.9. The Balaban J connectivity index is 1.30. The Morgan fingerprint density at radius 1 is 0.951 bits per heavy atom. The van der Waals surface area contributed by atoms with Crippen LogP contribution >= 0.6 is 0 Å². The Labute approximate surface area is 232 Å². The number of hydrogen-bond donors (Lipinski definition) is 4. The molecule has 41 heavy (non-hydrogen) atoms. The smallest absolute Gasteiger partial charge is 0.352 e. The monoisotopic (exact) mass is 542 g/mol. The third kappa shape index (κ3) is 4.47. The Morgan fingerprint density at radius 3 is 2.63 bits per heavy atom. The number of carbonyl (C=O) groups is 2. The molecule has 1 aliphatic heterocycles. The van der Waals surface area contributed by atoms with E-state index in [9.17, 15) is 14.7 Å². The molecule has 0 bridgehead atoms. The summed E-state index contributed by atoms with van der Waals surface area (Å²) in [5.41, 5.74) is 6.08. The van der Waals surface area contributed by atoms with E-state index in [2.05, 4.69) is 30.7 Å². The largest absolute Gasteiger partial charge is 0.477 e. The summed E-state index contributed by atoms with van der Waals surface area (Å²) in [4.78, 5) is 27.4. The summed E-state index contributed by atoms with van der Waals surface area (Å²) in [6.07, 6.45) is 4.05. The molecule has 7 rings (SSSR count). The predicted molar refractivity (Wildman–Crippen MR) is 152 cm³/mol. The van der Waals surface area contributed by atoms with Gasteiger partial charge in [0.15, 0.2) is 0 Å². The van der Waals surface area contributed by atoms with Gasteiger partial charge in [-0.2, -0.15) is 5.10 Å². The van der Waals surface area contributed by atoms with Crippen molar-refractivity contribution in [3.63, 3.8) is 0 Å². The zero-order valence-electron chi connectivity index (χ0n) is 21.5. The number of benzene rings is 3. The van der Waals surface area contributed by atoms with Crippen LogP contribution in [0, 0.1) is 0 Å². The molecule has 0 aliphatic carbocycles. The van der Waals surface area contributed by atoms with Crippen LogP contribution in [-0.4, -0.2) is 42.4 Å². The second-order valence-electron chi connectivity index (χ2n) is 9.72. The lowest BCUT2D eigenvalue weighted by Crippen LogP contribution is -2.35. The fraction of sp³-hybridized carbons (Fsp3) is 0.0645. The molecule has 1 aliphatic rings. The molecule has 10 nitrogen and oxygen atoms in total. The summed E-state index contributed by atoms with van der Waals surface area (Å²) in [6.45, 7) is 0. The van der Waals surface area contributed by atoms with Gasteiger partial charge >= 0.3 is 5.97 Å². The lowest BCUT2D eigenvalue weighted by atomic mass is 9.90.